The van der Waals surface area contributed by atoms with Crippen LogP contribution in [0.2, 0.25) is 0 Å². The van der Waals surface area contributed by atoms with Gasteiger partial charge in [-0.05, 0) is 42.1 Å². The number of nitrogens with zero attached hydrogens (tertiary/aromatic N) is 2. The summed E-state index contributed by atoms with van der Waals surface area (Å²) in [6.07, 6.45) is 1.51. The zero-order valence-corrected chi connectivity index (χ0v) is 17.3. The van der Waals surface area contributed by atoms with E-state index >= 15 is 0 Å². The molecule has 0 saturated carbocycles. The van der Waals surface area contributed by atoms with Gasteiger partial charge in [0.1, 0.15) is 0 Å². The van der Waals surface area contributed by atoms with Crippen molar-refractivity contribution in [1.29, 1.82) is 0 Å². The molecule has 1 amide bonds. The van der Waals surface area contributed by atoms with Crippen molar-refractivity contribution in [2.45, 2.75) is 17.7 Å². The molecule has 1 fully saturated rings. The third kappa shape index (κ3) is 6.39. The molecule has 1 aliphatic rings. The van der Waals surface area contributed by atoms with E-state index in [4.69, 9.17) is 5.14 Å². The van der Waals surface area contributed by atoms with Gasteiger partial charge in [0, 0.05) is 56.3 Å². The second-order valence-corrected chi connectivity index (χ2v) is 9.47. The molecule has 9 heteroatoms. The van der Waals surface area contributed by atoms with E-state index in [1.54, 1.807) is 12.1 Å². The number of hydrogen-bond acceptors (Lipinski definition) is 6. The standard InChI is InChI=1S/C19H26N4O3S2/c20-28(25,26)18-5-3-16(4-6-18)21-19(24)8-10-23-13-11-22(12-14-23)9-7-17-2-1-15-27-17/h1-6,15H,7-14H2,(H,21,24)(H2,20,25,26). The van der Waals surface area contributed by atoms with Crippen molar-refractivity contribution in [3.8, 4) is 0 Å². The van der Waals surface area contributed by atoms with Gasteiger partial charge in [-0.3, -0.25) is 4.79 Å². The number of carbonyl (C=O) groups is 1. The van der Waals surface area contributed by atoms with Crippen LogP contribution in [0.1, 0.15) is 11.3 Å². The Morgan fingerprint density at radius 1 is 1.04 bits per heavy atom. The lowest BCUT2D eigenvalue weighted by Gasteiger charge is -2.34. The summed E-state index contributed by atoms with van der Waals surface area (Å²) in [5.74, 6) is -0.0801. The van der Waals surface area contributed by atoms with Crippen molar-refractivity contribution >= 4 is 33.0 Å². The second kappa shape index (κ2) is 9.62. The summed E-state index contributed by atoms with van der Waals surface area (Å²) in [6, 6.07) is 10.1. The minimum Gasteiger partial charge on any atom is -0.326 e. The number of anilines is 1. The van der Waals surface area contributed by atoms with Gasteiger partial charge in [0.25, 0.3) is 0 Å². The number of thiophene rings is 1. The molecule has 7 nitrogen and oxygen atoms in total. The number of piperazine rings is 1. The van der Waals surface area contributed by atoms with Crippen molar-refractivity contribution in [3.63, 3.8) is 0 Å². The number of benzene rings is 1. The molecule has 3 N–H and O–H groups in total. The second-order valence-electron chi connectivity index (χ2n) is 6.88. The molecule has 0 unspecified atom stereocenters. The Hall–Kier alpha value is -1.78. The number of carbonyl (C=O) groups excluding carboxylic acids is 1. The highest BCUT2D eigenvalue weighted by Crippen LogP contribution is 2.14. The van der Waals surface area contributed by atoms with Gasteiger partial charge < -0.3 is 15.1 Å². The normalized spacial score (nSPS) is 16.2. The van der Waals surface area contributed by atoms with E-state index < -0.39 is 10.0 Å². The summed E-state index contributed by atoms with van der Waals surface area (Å²) in [7, 11) is -3.72. The fraction of sp³-hybridized carbons (Fsp3) is 0.421. The lowest BCUT2D eigenvalue weighted by Crippen LogP contribution is -2.47. The molecule has 2 aromatic rings. The van der Waals surface area contributed by atoms with Crippen LogP contribution in [0.3, 0.4) is 0 Å². The molecule has 0 atom stereocenters. The first kappa shape index (κ1) is 20.9. The van der Waals surface area contributed by atoms with Crippen LogP contribution in [0.15, 0.2) is 46.7 Å². The van der Waals surface area contributed by atoms with Gasteiger partial charge in [-0.25, -0.2) is 13.6 Å². The number of sulfonamides is 1. The van der Waals surface area contributed by atoms with Crippen LogP contribution in [-0.2, 0) is 21.2 Å². The maximum absolute atomic E-state index is 12.1. The Kier molecular flexibility index (Phi) is 7.19. The molecule has 3 rings (SSSR count). The van der Waals surface area contributed by atoms with E-state index in [0.29, 0.717) is 12.1 Å². The van der Waals surface area contributed by atoms with E-state index in [1.807, 2.05) is 11.3 Å². The van der Waals surface area contributed by atoms with Gasteiger partial charge in [-0.15, -0.1) is 11.3 Å². The Bertz CT molecular complexity index is 859. The lowest BCUT2D eigenvalue weighted by atomic mass is 10.2. The fourth-order valence-corrected chi connectivity index (χ4v) is 4.38. The van der Waals surface area contributed by atoms with Crippen molar-refractivity contribution < 1.29 is 13.2 Å². The van der Waals surface area contributed by atoms with Crippen LogP contribution in [0.5, 0.6) is 0 Å². The van der Waals surface area contributed by atoms with Crippen LogP contribution < -0.4 is 10.5 Å². The Balaban J connectivity index is 1.35. The summed E-state index contributed by atoms with van der Waals surface area (Å²) < 4.78 is 22.5. The van der Waals surface area contributed by atoms with Gasteiger partial charge in [-0.1, -0.05) is 6.07 Å². The summed E-state index contributed by atoms with van der Waals surface area (Å²) in [6.45, 7) is 5.81. The first-order valence-electron chi connectivity index (χ1n) is 9.30. The highest BCUT2D eigenvalue weighted by Gasteiger charge is 2.17. The largest absolute Gasteiger partial charge is 0.326 e. The number of amides is 1. The quantitative estimate of drug-likeness (QED) is 0.673. The maximum Gasteiger partial charge on any atom is 0.238 e. The van der Waals surface area contributed by atoms with Crippen LogP contribution in [0, 0.1) is 0 Å². The van der Waals surface area contributed by atoms with E-state index in [1.165, 1.54) is 17.0 Å². The molecular formula is C19H26N4O3S2. The summed E-state index contributed by atoms with van der Waals surface area (Å²) >= 11 is 1.81. The van der Waals surface area contributed by atoms with Gasteiger partial charge in [0.15, 0.2) is 0 Å². The molecule has 28 heavy (non-hydrogen) atoms. The minimum atomic E-state index is -3.72. The van der Waals surface area contributed by atoms with E-state index in [2.05, 4.69) is 32.6 Å². The summed E-state index contributed by atoms with van der Waals surface area (Å²) in [5, 5.41) is 9.98. The monoisotopic (exact) mass is 422 g/mol. The third-order valence-electron chi connectivity index (χ3n) is 4.84. The number of rotatable bonds is 8. The van der Waals surface area contributed by atoms with Gasteiger partial charge in [0.2, 0.25) is 15.9 Å². The van der Waals surface area contributed by atoms with Crippen molar-refractivity contribution in [1.82, 2.24) is 9.80 Å². The first-order valence-corrected chi connectivity index (χ1v) is 11.7. The molecule has 0 bridgehead atoms. The predicted octanol–water partition coefficient (Wildman–Crippen LogP) is 1.58. The van der Waals surface area contributed by atoms with Crippen LogP contribution in [-0.4, -0.2) is 63.4 Å². The van der Waals surface area contributed by atoms with Gasteiger partial charge in [0.05, 0.1) is 4.90 Å². The van der Waals surface area contributed by atoms with Crippen molar-refractivity contribution in [2.75, 3.05) is 44.6 Å². The van der Waals surface area contributed by atoms with Crippen LogP contribution >= 0.6 is 11.3 Å². The number of primary sulfonamides is 1. The average molecular weight is 423 g/mol. The Morgan fingerprint density at radius 2 is 1.68 bits per heavy atom. The molecule has 1 aromatic heterocycles. The molecule has 1 aromatic carbocycles. The predicted molar refractivity (Wildman–Crippen MR) is 112 cm³/mol. The van der Waals surface area contributed by atoms with E-state index in [0.717, 1.165) is 45.7 Å². The number of nitrogens with two attached hydrogens (primary N) is 1. The van der Waals surface area contributed by atoms with Gasteiger partial charge >= 0.3 is 0 Å². The Labute approximate surface area is 170 Å². The highest BCUT2D eigenvalue weighted by atomic mass is 32.2. The summed E-state index contributed by atoms with van der Waals surface area (Å²) in [4.78, 5) is 18.4. The zero-order valence-electron chi connectivity index (χ0n) is 15.7. The molecule has 1 aliphatic heterocycles. The SMILES string of the molecule is NS(=O)(=O)c1ccc(NC(=O)CCN2CCN(CCc3cccs3)CC2)cc1. The molecule has 0 aliphatic carbocycles. The molecule has 0 spiro atoms. The number of nitrogens with one attached hydrogen (secondary N) is 1. The van der Waals surface area contributed by atoms with E-state index in [-0.39, 0.29) is 10.8 Å². The van der Waals surface area contributed by atoms with E-state index in [9.17, 15) is 13.2 Å². The third-order valence-corrected chi connectivity index (χ3v) is 6.71. The smallest absolute Gasteiger partial charge is 0.238 e. The average Bonchev–Trinajstić information content (AvgIpc) is 3.19. The molecule has 2 heterocycles. The molecule has 0 radical (unpaired) electrons. The minimum absolute atomic E-state index is 0.0300. The maximum atomic E-state index is 12.1. The highest BCUT2D eigenvalue weighted by molar-refractivity contribution is 7.89. The Morgan fingerprint density at radius 3 is 2.25 bits per heavy atom. The van der Waals surface area contributed by atoms with Crippen molar-refractivity contribution in [2.24, 2.45) is 5.14 Å². The van der Waals surface area contributed by atoms with Gasteiger partial charge in [-0.2, -0.15) is 0 Å². The zero-order chi connectivity index (χ0) is 20.0. The van der Waals surface area contributed by atoms with Crippen molar-refractivity contribution in [3.05, 3.63) is 46.7 Å². The lowest BCUT2D eigenvalue weighted by molar-refractivity contribution is -0.116. The molecule has 1 saturated heterocycles. The van der Waals surface area contributed by atoms with Crippen LogP contribution in [0.4, 0.5) is 5.69 Å². The first-order chi connectivity index (χ1) is 13.4. The fourth-order valence-electron chi connectivity index (χ4n) is 3.17. The topological polar surface area (TPSA) is 95.7 Å². The number of hydrogen-bond donors (Lipinski definition) is 2. The van der Waals surface area contributed by atoms with Crippen LogP contribution in [0.25, 0.3) is 0 Å². The summed E-state index contributed by atoms with van der Waals surface area (Å²) in [5.41, 5.74) is 0.566. The molecular weight excluding hydrogens is 396 g/mol. The molecule has 152 valence electrons.